The molecule has 0 aliphatic rings. The number of carbonyl (C=O) groups is 2. The van der Waals surface area contributed by atoms with E-state index in [4.69, 9.17) is 4.74 Å². The molecule has 1 N–H and O–H groups in total. The van der Waals surface area contributed by atoms with E-state index in [1.54, 1.807) is 24.0 Å². The molecule has 0 fully saturated rings. The van der Waals surface area contributed by atoms with Gasteiger partial charge in [0.15, 0.2) is 6.61 Å². The summed E-state index contributed by atoms with van der Waals surface area (Å²) in [5.74, 6) is 0.210. The van der Waals surface area contributed by atoms with Crippen LogP contribution in [0.1, 0.15) is 38.3 Å². The molecule has 5 nitrogen and oxygen atoms in total. The molecule has 2 aromatic carbocycles. The summed E-state index contributed by atoms with van der Waals surface area (Å²) >= 11 is 3.38. The molecule has 0 aliphatic heterocycles. The highest BCUT2D eigenvalue weighted by Gasteiger charge is 2.27. The third-order valence-electron chi connectivity index (χ3n) is 4.95. The van der Waals surface area contributed by atoms with Gasteiger partial charge in [0.1, 0.15) is 11.8 Å². The Morgan fingerprint density at radius 1 is 1.10 bits per heavy atom. The number of nitrogens with zero attached hydrogens (tertiary/aromatic N) is 1. The Kier molecular flexibility index (Phi) is 8.70. The van der Waals surface area contributed by atoms with Crippen molar-refractivity contribution in [3.05, 3.63) is 64.1 Å². The van der Waals surface area contributed by atoms with E-state index in [-0.39, 0.29) is 24.5 Å². The summed E-state index contributed by atoms with van der Waals surface area (Å²) in [4.78, 5) is 27.3. The maximum Gasteiger partial charge on any atom is 0.261 e. The van der Waals surface area contributed by atoms with E-state index in [1.165, 1.54) is 0 Å². The summed E-state index contributed by atoms with van der Waals surface area (Å²) in [7, 11) is 0. The second kappa shape index (κ2) is 11.0. The maximum absolute atomic E-state index is 13.0. The van der Waals surface area contributed by atoms with Crippen molar-refractivity contribution in [2.45, 2.75) is 52.7 Å². The predicted octanol–water partition coefficient (Wildman–Crippen LogP) is 4.47. The molecule has 0 spiro atoms. The normalized spacial score (nSPS) is 12.7. The Labute approximate surface area is 181 Å². The second-order valence-corrected chi connectivity index (χ2v) is 8.10. The lowest BCUT2D eigenvalue weighted by Gasteiger charge is -2.30. The van der Waals surface area contributed by atoms with Gasteiger partial charge in [-0.2, -0.15) is 0 Å². The van der Waals surface area contributed by atoms with Gasteiger partial charge < -0.3 is 15.0 Å². The van der Waals surface area contributed by atoms with Gasteiger partial charge in [-0.05, 0) is 62.6 Å². The Hall–Kier alpha value is -2.34. The zero-order valence-corrected chi connectivity index (χ0v) is 19.0. The number of benzene rings is 2. The van der Waals surface area contributed by atoms with E-state index in [1.807, 2.05) is 57.2 Å². The van der Waals surface area contributed by atoms with Crippen LogP contribution in [0.2, 0.25) is 0 Å². The Bertz CT molecular complexity index is 823. The SMILES string of the molecule is CC[C@@H](C)NC(=O)[C@@H](C)N(Cc1ccccc1C)C(=O)COc1ccc(Br)cc1. The van der Waals surface area contributed by atoms with Crippen LogP contribution in [0, 0.1) is 6.92 Å². The molecule has 2 amide bonds. The van der Waals surface area contributed by atoms with Crippen LogP contribution < -0.4 is 10.1 Å². The molecule has 2 atom stereocenters. The summed E-state index contributed by atoms with van der Waals surface area (Å²) in [6.07, 6.45) is 0.830. The highest BCUT2D eigenvalue weighted by molar-refractivity contribution is 9.10. The van der Waals surface area contributed by atoms with Crippen molar-refractivity contribution in [3.63, 3.8) is 0 Å². The molecular formula is C23H29BrN2O3. The van der Waals surface area contributed by atoms with Crippen molar-refractivity contribution in [1.29, 1.82) is 0 Å². The van der Waals surface area contributed by atoms with Crippen LogP contribution in [-0.2, 0) is 16.1 Å². The van der Waals surface area contributed by atoms with Crippen molar-refractivity contribution in [2.24, 2.45) is 0 Å². The fraction of sp³-hybridized carbons (Fsp3) is 0.391. The molecule has 0 aromatic heterocycles. The number of rotatable bonds is 9. The van der Waals surface area contributed by atoms with Gasteiger partial charge in [-0.15, -0.1) is 0 Å². The van der Waals surface area contributed by atoms with E-state index >= 15 is 0 Å². The van der Waals surface area contributed by atoms with Crippen LogP contribution in [-0.4, -0.2) is 35.4 Å². The van der Waals surface area contributed by atoms with E-state index in [2.05, 4.69) is 21.2 Å². The zero-order valence-electron chi connectivity index (χ0n) is 17.4. The fourth-order valence-corrected chi connectivity index (χ4v) is 3.04. The first-order valence-corrected chi connectivity index (χ1v) is 10.6. The number of hydrogen-bond acceptors (Lipinski definition) is 3. The molecule has 0 heterocycles. The fourth-order valence-electron chi connectivity index (χ4n) is 2.78. The van der Waals surface area contributed by atoms with Gasteiger partial charge in [-0.25, -0.2) is 0 Å². The number of carbonyl (C=O) groups excluding carboxylic acids is 2. The van der Waals surface area contributed by atoms with Gasteiger partial charge in [0.2, 0.25) is 5.91 Å². The monoisotopic (exact) mass is 460 g/mol. The summed E-state index contributed by atoms with van der Waals surface area (Å²) in [6.45, 7) is 7.94. The summed E-state index contributed by atoms with van der Waals surface area (Å²) < 4.78 is 6.60. The van der Waals surface area contributed by atoms with E-state index in [0.717, 1.165) is 22.0 Å². The first-order chi connectivity index (χ1) is 13.8. The van der Waals surface area contributed by atoms with Crippen molar-refractivity contribution >= 4 is 27.7 Å². The highest BCUT2D eigenvalue weighted by atomic mass is 79.9. The molecule has 0 radical (unpaired) electrons. The largest absolute Gasteiger partial charge is 0.484 e. The summed E-state index contributed by atoms with van der Waals surface area (Å²) in [5, 5.41) is 2.97. The average molecular weight is 461 g/mol. The molecule has 156 valence electrons. The van der Waals surface area contributed by atoms with Crippen LogP contribution >= 0.6 is 15.9 Å². The predicted molar refractivity (Wildman–Crippen MR) is 119 cm³/mol. The van der Waals surface area contributed by atoms with Crippen molar-refractivity contribution in [2.75, 3.05) is 6.61 Å². The second-order valence-electron chi connectivity index (χ2n) is 7.18. The Morgan fingerprint density at radius 2 is 1.76 bits per heavy atom. The molecule has 0 saturated heterocycles. The zero-order chi connectivity index (χ0) is 21.4. The Morgan fingerprint density at radius 3 is 2.38 bits per heavy atom. The molecule has 0 bridgehead atoms. The molecule has 6 heteroatoms. The van der Waals surface area contributed by atoms with Crippen LogP contribution in [0.15, 0.2) is 53.0 Å². The minimum atomic E-state index is -0.607. The van der Waals surface area contributed by atoms with E-state index in [9.17, 15) is 9.59 Å². The van der Waals surface area contributed by atoms with Crippen molar-refractivity contribution in [3.8, 4) is 5.75 Å². The van der Waals surface area contributed by atoms with Crippen molar-refractivity contribution in [1.82, 2.24) is 10.2 Å². The molecule has 0 saturated carbocycles. The number of ether oxygens (including phenoxy) is 1. The Balaban J connectivity index is 2.15. The average Bonchev–Trinajstić information content (AvgIpc) is 2.71. The molecule has 0 aliphatic carbocycles. The molecule has 2 rings (SSSR count). The molecular weight excluding hydrogens is 432 g/mol. The lowest BCUT2D eigenvalue weighted by Crippen LogP contribution is -2.50. The molecule has 0 unspecified atom stereocenters. The van der Waals surface area contributed by atoms with E-state index < -0.39 is 6.04 Å². The van der Waals surface area contributed by atoms with Crippen LogP contribution in [0.25, 0.3) is 0 Å². The lowest BCUT2D eigenvalue weighted by molar-refractivity contribution is -0.142. The van der Waals surface area contributed by atoms with Crippen LogP contribution in [0.5, 0.6) is 5.75 Å². The quantitative estimate of drug-likeness (QED) is 0.600. The van der Waals surface area contributed by atoms with Gasteiger partial charge in [-0.1, -0.05) is 47.1 Å². The minimum absolute atomic E-state index is 0.0550. The first kappa shape index (κ1) is 22.9. The minimum Gasteiger partial charge on any atom is -0.484 e. The van der Waals surface area contributed by atoms with Gasteiger partial charge in [0, 0.05) is 17.1 Å². The maximum atomic E-state index is 13.0. The number of nitrogens with one attached hydrogen (secondary N) is 1. The number of halogens is 1. The third kappa shape index (κ3) is 6.89. The highest BCUT2D eigenvalue weighted by Crippen LogP contribution is 2.17. The van der Waals surface area contributed by atoms with Gasteiger partial charge in [0.05, 0.1) is 0 Å². The molecule has 2 aromatic rings. The lowest BCUT2D eigenvalue weighted by atomic mass is 10.1. The first-order valence-electron chi connectivity index (χ1n) is 9.84. The topological polar surface area (TPSA) is 58.6 Å². The van der Waals surface area contributed by atoms with Crippen molar-refractivity contribution < 1.29 is 14.3 Å². The third-order valence-corrected chi connectivity index (χ3v) is 5.47. The summed E-state index contributed by atoms with van der Waals surface area (Å²) in [5.41, 5.74) is 2.08. The standard InChI is InChI=1S/C23H29BrN2O3/c1-5-17(3)25-23(28)18(4)26(14-19-9-7-6-8-16(19)2)22(27)15-29-21-12-10-20(24)11-13-21/h6-13,17-18H,5,14-15H2,1-4H3,(H,25,28)/t17-,18-/m1/s1. The number of hydrogen-bond donors (Lipinski definition) is 1. The van der Waals surface area contributed by atoms with Gasteiger partial charge in [0.25, 0.3) is 5.91 Å². The van der Waals surface area contributed by atoms with Gasteiger partial charge in [-0.3, -0.25) is 9.59 Å². The smallest absolute Gasteiger partial charge is 0.261 e. The number of aryl methyl sites for hydroxylation is 1. The van der Waals surface area contributed by atoms with Crippen LogP contribution in [0.3, 0.4) is 0 Å². The van der Waals surface area contributed by atoms with Gasteiger partial charge >= 0.3 is 0 Å². The summed E-state index contributed by atoms with van der Waals surface area (Å²) in [6, 6.07) is 14.6. The van der Waals surface area contributed by atoms with Crippen LogP contribution in [0.4, 0.5) is 0 Å². The molecule has 29 heavy (non-hydrogen) atoms. The van der Waals surface area contributed by atoms with E-state index in [0.29, 0.717) is 12.3 Å². The number of amides is 2.